The highest BCUT2D eigenvalue weighted by atomic mass is 19.4. The topological polar surface area (TPSA) is 21.3 Å². The van der Waals surface area contributed by atoms with E-state index in [4.69, 9.17) is 4.74 Å². The maximum atomic E-state index is 13.4. The molecule has 21 heavy (non-hydrogen) atoms. The summed E-state index contributed by atoms with van der Waals surface area (Å²) in [7, 11) is 0. The lowest BCUT2D eigenvalue weighted by atomic mass is 10.2. The van der Waals surface area contributed by atoms with E-state index in [1.165, 1.54) is 12.1 Å². The van der Waals surface area contributed by atoms with Crippen molar-refractivity contribution in [3.8, 4) is 5.75 Å². The number of alkyl halides is 3. The van der Waals surface area contributed by atoms with Crippen molar-refractivity contribution in [2.24, 2.45) is 5.92 Å². The quantitative estimate of drug-likeness (QED) is 0.571. The van der Waals surface area contributed by atoms with E-state index in [1.807, 2.05) is 0 Å². The fourth-order valence-electron chi connectivity index (χ4n) is 1.77. The molecule has 1 rings (SSSR count). The summed E-state index contributed by atoms with van der Waals surface area (Å²) in [5, 5.41) is 3.17. The van der Waals surface area contributed by atoms with Crippen LogP contribution in [0.4, 0.5) is 17.6 Å². The molecule has 0 spiro atoms. The number of hydrogen-bond donors (Lipinski definition) is 1. The van der Waals surface area contributed by atoms with Gasteiger partial charge in [0.1, 0.15) is 11.6 Å². The van der Waals surface area contributed by atoms with Crippen molar-refractivity contribution in [3.63, 3.8) is 0 Å². The zero-order chi connectivity index (χ0) is 15.9. The Labute approximate surface area is 122 Å². The summed E-state index contributed by atoms with van der Waals surface area (Å²) in [4.78, 5) is 0. The highest BCUT2D eigenvalue weighted by Gasteiger charge is 2.26. The van der Waals surface area contributed by atoms with Gasteiger partial charge in [-0.1, -0.05) is 13.8 Å². The molecule has 0 amide bonds. The zero-order valence-corrected chi connectivity index (χ0v) is 12.3. The van der Waals surface area contributed by atoms with E-state index in [0.717, 1.165) is 6.54 Å². The molecule has 1 N–H and O–H groups in total. The second kappa shape index (κ2) is 8.22. The van der Waals surface area contributed by atoms with E-state index in [-0.39, 0.29) is 18.8 Å². The average Bonchev–Trinajstić information content (AvgIpc) is 2.32. The molecule has 1 aromatic carbocycles. The first-order chi connectivity index (χ1) is 9.76. The van der Waals surface area contributed by atoms with Gasteiger partial charge in [-0.05, 0) is 36.6 Å². The second-order valence-corrected chi connectivity index (χ2v) is 5.39. The lowest BCUT2D eigenvalue weighted by Gasteiger charge is -2.11. The van der Waals surface area contributed by atoms with E-state index in [1.54, 1.807) is 6.07 Å². The summed E-state index contributed by atoms with van der Waals surface area (Å²) in [6.07, 6.45) is -5.22. The predicted molar refractivity (Wildman–Crippen MR) is 73.7 cm³/mol. The fourth-order valence-corrected chi connectivity index (χ4v) is 1.77. The van der Waals surface area contributed by atoms with Gasteiger partial charge in [0.2, 0.25) is 0 Å². The van der Waals surface area contributed by atoms with Crippen molar-refractivity contribution < 1.29 is 22.3 Å². The van der Waals surface area contributed by atoms with Crippen LogP contribution in [0.15, 0.2) is 18.2 Å². The molecule has 0 aromatic heterocycles. The number of hydrogen-bond acceptors (Lipinski definition) is 2. The van der Waals surface area contributed by atoms with Crippen LogP contribution in [0.3, 0.4) is 0 Å². The molecule has 0 saturated heterocycles. The van der Waals surface area contributed by atoms with Gasteiger partial charge in [0.15, 0.2) is 0 Å². The molecule has 0 radical (unpaired) electrons. The number of benzene rings is 1. The van der Waals surface area contributed by atoms with Crippen molar-refractivity contribution in [1.82, 2.24) is 5.32 Å². The van der Waals surface area contributed by atoms with Crippen molar-refractivity contribution in [2.75, 3.05) is 13.2 Å². The van der Waals surface area contributed by atoms with Gasteiger partial charge in [-0.15, -0.1) is 0 Å². The van der Waals surface area contributed by atoms with Crippen LogP contribution in [0.25, 0.3) is 0 Å². The van der Waals surface area contributed by atoms with Gasteiger partial charge in [0.25, 0.3) is 0 Å². The van der Waals surface area contributed by atoms with E-state index in [9.17, 15) is 17.6 Å². The van der Waals surface area contributed by atoms with E-state index in [0.29, 0.717) is 18.0 Å². The molecule has 2 nitrogen and oxygen atoms in total. The van der Waals surface area contributed by atoms with Crippen LogP contribution in [0, 0.1) is 11.7 Å². The lowest BCUT2D eigenvalue weighted by Crippen LogP contribution is -2.19. The monoisotopic (exact) mass is 307 g/mol. The minimum absolute atomic E-state index is 0.0815. The Balaban J connectivity index is 2.45. The standard InChI is InChI=1S/C15H21F4NO/c1-11(2)9-20-10-12-6-13(16)8-14(7-12)21-5-3-4-15(17,18)19/h6-8,11,20H,3-5,9-10H2,1-2H3. The molecule has 0 aliphatic carbocycles. The maximum Gasteiger partial charge on any atom is 0.389 e. The number of nitrogens with one attached hydrogen (secondary N) is 1. The van der Waals surface area contributed by atoms with Crippen molar-refractivity contribution >= 4 is 0 Å². The molecule has 0 unspecified atom stereocenters. The van der Waals surface area contributed by atoms with E-state index in [2.05, 4.69) is 19.2 Å². The molecule has 0 aliphatic rings. The van der Waals surface area contributed by atoms with Crippen LogP contribution >= 0.6 is 0 Å². The van der Waals surface area contributed by atoms with Crippen LogP contribution in [0.5, 0.6) is 5.75 Å². The van der Waals surface area contributed by atoms with Gasteiger partial charge >= 0.3 is 6.18 Å². The van der Waals surface area contributed by atoms with Gasteiger partial charge in [-0.3, -0.25) is 0 Å². The zero-order valence-electron chi connectivity index (χ0n) is 12.3. The first-order valence-corrected chi connectivity index (χ1v) is 6.96. The third-order valence-corrected chi connectivity index (χ3v) is 2.69. The second-order valence-electron chi connectivity index (χ2n) is 5.39. The van der Waals surface area contributed by atoms with Crippen LogP contribution in [0.1, 0.15) is 32.3 Å². The van der Waals surface area contributed by atoms with E-state index >= 15 is 0 Å². The Kier molecular flexibility index (Phi) is 6.95. The predicted octanol–water partition coefficient (Wildman–Crippen LogP) is 4.29. The van der Waals surface area contributed by atoms with Crippen molar-refractivity contribution in [1.29, 1.82) is 0 Å². The Hall–Kier alpha value is -1.30. The smallest absolute Gasteiger partial charge is 0.389 e. The molecular formula is C15H21F4NO. The minimum atomic E-state index is -4.18. The Morgan fingerprint density at radius 1 is 1.19 bits per heavy atom. The SMILES string of the molecule is CC(C)CNCc1cc(F)cc(OCCCC(F)(F)F)c1. The number of halogens is 4. The summed E-state index contributed by atoms with van der Waals surface area (Å²) in [5.74, 6) is 0.292. The van der Waals surface area contributed by atoms with Gasteiger partial charge in [0, 0.05) is 19.0 Å². The summed E-state index contributed by atoms with van der Waals surface area (Å²) < 4.78 is 54.6. The third-order valence-electron chi connectivity index (χ3n) is 2.69. The summed E-state index contributed by atoms with van der Waals surface area (Å²) >= 11 is 0. The Bertz CT molecular complexity index is 432. The molecule has 0 fully saturated rings. The molecular weight excluding hydrogens is 286 g/mol. The molecule has 0 bridgehead atoms. The molecule has 120 valence electrons. The molecule has 0 atom stereocenters. The highest BCUT2D eigenvalue weighted by Crippen LogP contribution is 2.22. The van der Waals surface area contributed by atoms with E-state index < -0.39 is 18.4 Å². The molecule has 0 aliphatic heterocycles. The average molecular weight is 307 g/mol. The van der Waals surface area contributed by atoms with Crippen molar-refractivity contribution in [3.05, 3.63) is 29.6 Å². The third kappa shape index (κ3) is 8.55. The lowest BCUT2D eigenvalue weighted by molar-refractivity contribution is -0.136. The Morgan fingerprint density at radius 3 is 2.52 bits per heavy atom. The first kappa shape index (κ1) is 17.8. The summed E-state index contributed by atoms with van der Waals surface area (Å²) in [6, 6.07) is 4.21. The first-order valence-electron chi connectivity index (χ1n) is 6.96. The Morgan fingerprint density at radius 2 is 1.90 bits per heavy atom. The van der Waals surface area contributed by atoms with Gasteiger partial charge in [0.05, 0.1) is 6.61 Å². The summed E-state index contributed by atoms with van der Waals surface area (Å²) in [5.41, 5.74) is 0.710. The number of ether oxygens (including phenoxy) is 1. The number of rotatable bonds is 8. The maximum absolute atomic E-state index is 13.4. The summed E-state index contributed by atoms with van der Waals surface area (Å²) in [6.45, 7) is 5.34. The molecule has 6 heteroatoms. The van der Waals surface area contributed by atoms with Crippen LogP contribution in [-0.2, 0) is 6.54 Å². The van der Waals surface area contributed by atoms with Crippen molar-refractivity contribution in [2.45, 2.75) is 39.4 Å². The van der Waals surface area contributed by atoms with Crippen LogP contribution in [0.2, 0.25) is 0 Å². The molecule has 0 heterocycles. The van der Waals surface area contributed by atoms with Crippen LogP contribution < -0.4 is 10.1 Å². The van der Waals surface area contributed by atoms with Gasteiger partial charge in [-0.2, -0.15) is 13.2 Å². The molecule has 0 saturated carbocycles. The normalized spacial score (nSPS) is 12.0. The molecule has 1 aromatic rings. The van der Waals surface area contributed by atoms with Gasteiger partial charge in [-0.25, -0.2) is 4.39 Å². The fraction of sp³-hybridized carbons (Fsp3) is 0.600. The van der Waals surface area contributed by atoms with Gasteiger partial charge < -0.3 is 10.1 Å². The van der Waals surface area contributed by atoms with Crippen LogP contribution in [-0.4, -0.2) is 19.3 Å². The largest absolute Gasteiger partial charge is 0.493 e. The highest BCUT2D eigenvalue weighted by molar-refractivity contribution is 5.29. The minimum Gasteiger partial charge on any atom is -0.493 e.